The fourth-order valence-corrected chi connectivity index (χ4v) is 3.97. The molecule has 4 rings (SSSR count). The number of amides is 2. The van der Waals surface area contributed by atoms with Crippen molar-refractivity contribution in [2.75, 3.05) is 16.0 Å². The highest BCUT2D eigenvalue weighted by atomic mass is 32.2. The van der Waals surface area contributed by atoms with Gasteiger partial charge in [-0.3, -0.25) is 5.10 Å². The quantitative estimate of drug-likeness (QED) is 0.244. The molecule has 168 valence electrons. The topological polar surface area (TPSA) is 128 Å². The molecule has 0 bridgehead atoms. The Balaban J connectivity index is 1.43. The molecule has 2 aromatic heterocycles. The number of phenolic OH excluding ortho intramolecular Hbond substituents is 1. The monoisotopic (exact) mass is 461 g/mol. The van der Waals surface area contributed by atoms with Crippen molar-refractivity contribution >= 4 is 40.8 Å². The maximum atomic E-state index is 12.3. The van der Waals surface area contributed by atoms with Gasteiger partial charge in [0.2, 0.25) is 0 Å². The van der Waals surface area contributed by atoms with Crippen LogP contribution < -0.4 is 16.0 Å². The number of carbonyl (C=O) groups is 1. The molecule has 2 heterocycles. The lowest BCUT2D eigenvalue weighted by atomic mass is 10.2. The SMILES string of the molecule is Cc1cc(Nc2cc(C)[nH]n2)nc(Sc2ccc(NC(=O)Nc3cccc(O)c3)cc2C)n1. The third-order valence-corrected chi connectivity index (χ3v) is 5.58. The summed E-state index contributed by atoms with van der Waals surface area (Å²) in [6.45, 7) is 5.81. The standard InChI is InChI=1S/C23H23N7O2S/c1-13-9-17(26-22(32)25-16-5-4-6-18(31)12-16)7-8-19(13)33-23-24-14(2)10-20(28-23)27-21-11-15(3)29-30-21/h4-12,31H,1-3H3,(H2,25,26,32)(H2,24,27,28,29,30). The van der Waals surface area contributed by atoms with E-state index in [-0.39, 0.29) is 5.75 Å². The van der Waals surface area contributed by atoms with Crippen LogP contribution in [-0.2, 0) is 0 Å². The Hall–Kier alpha value is -4.05. The molecule has 9 nitrogen and oxygen atoms in total. The lowest BCUT2D eigenvalue weighted by molar-refractivity contribution is 0.262. The first-order chi connectivity index (χ1) is 15.8. The first kappa shape index (κ1) is 22.2. The minimum absolute atomic E-state index is 0.0845. The number of hydrogen-bond donors (Lipinski definition) is 5. The lowest BCUT2D eigenvalue weighted by Crippen LogP contribution is -2.19. The van der Waals surface area contributed by atoms with E-state index in [1.54, 1.807) is 12.1 Å². The summed E-state index contributed by atoms with van der Waals surface area (Å²) in [4.78, 5) is 22.3. The molecule has 0 saturated heterocycles. The molecule has 10 heteroatoms. The number of aryl methyl sites for hydroxylation is 3. The van der Waals surface area contributed by atoms with Crippen LogP contribution in [0.5, 0.6) is 5.75 Å². The van der Waals surface area contributed by atoms with E-state index in [1.807, 2.05) is 51.1 Å². The van der Waals surface area contributed by atoms with Gasteiger partial charge in [0.25, 0.3) is 0 Å². The first-order valence-electron chi connectivity index (χ1n) is 10.1. The van der Waals surface area contributed by atoms with Crippen LogP contribution in [0.4, 0.5) is 27.8 Å². The molecule has 0 atom stereocenters. The lowest BCUT2D eigenvalue weighted by Gasteiger charge is -2.11. The van der Waals surface area contributed by atoms with Crippen LogP contribution in [0.25, 0.3) is 0 Å². The van der Waals surface area contributed by atoms with E-state index >= 15 is 0 Å². The number of hydrogen-bond acceptors (Lipinski definition) is 7. The van der Waals surface area contributed by atoms with Gasteiger partial charge in [0.1, 0.15) is 11.6 Å². The van der Waals surface area contributed by atoms with E-state index in [4.69, 9.17) is 0 Å². The molecule has 2 aromatic carbocycles. The maximum Gasteiger partial charge on any atom is 0.323 e. The second kappa shape index (κ2) is 9.61. The summed E-state index contributed by atoms with van der Waals surface area (Å²) in [5.74, 6) is 1.44. The summed E-state index contributed by atoms with van der Waals surface area (Å²) in [6.07, 6.45) is 0. The largest absolute Gasteiger partial charge is 0.508 e. The Labute approximate surface area is 195 Å². The average molecular weight is 462 g/mol. The molecule has 0 aliphatic carbocycles. The van der Waals surface area contributed by atoms with Crippen molar-refractivity contribution in [2.24, 2.45) is 0 Å². The summed E-state index contributed by atoms with van der Waals surface area (Å²) < 4.78 is 0. The summed E-state index contributed by atoms with van der Waals surface area (Å²) in [7, 11) is 0. The van der Waals surface area contributed by atoms with Gasteiger partial charge in [-0.1, -0.05) is 6.07 Å². The molecule has 0 radical (unpaired) electrons. The van der Waals surface area contributed by atoms with E-state index in [9.17, 15) is 9.90 Å². The van der Waals surface area contributed by atoms with Gasteiger partial charge in [0.15, 0.2) is 11.0 Å². The summed E-state index contributed by atoms with van der Waals surface area (Å²) in [6, 6.07) is 15.3. The van der Waals surface area contributed by atoms with Crippen LogP contribution >= 0.6 is 11.8 Å². The number of anilines is 4. The normalized spacial score (nSPS) is 10.6. The number of nitrogens with one attached hydrogen (secondary N) is 4. The zero-order valence-corrected chi connectivity index (χ0v) is 19.1. The molecule has 0 aliphatic heterocycles. The predicted octanol–water partition coefficient (Wildman–Crippen LogP) is 5.37. The number of nitrogens with zero attached hydrogens (tertiary/aromatic N) is 3. The van der Waals surface area contributed by atoms with Crippen molar-refractivity contribution in [2.45, 2.75) is 30.8 Å². The molecular formula is C23H23N7O2S. The second-order valence-electron chi connectivity index (χ2n) is 7.45. The van der Waals surface area contributed by atoms with Gasteiger partial charge < -0.3 is 21.1 Å². The fourth-order valence-electron chi connectivity index (χ4n) is 3.08. The van der Waals surface area contributed by atoms with Gasteiger partial charge in [-0.15, -0.1) is 0 Å². The smallest absolute Gasteiger partial charge is 0.323 e. The summed E-state index contributed by atoms with van der Waals surface area (Å²) >= 11 is 1.44. The number of carbonyl (C=O) groups excluding carboxylic acids is 1. The third-order valence-electron chi connectivity index (χ3n) is 4.53. The highest BCUT2D eigenvalue weighted by molar-refractivity contribution is 7.99. The molecule has 5 N–H and O–H groups in total. The van der Waals surface area contributed by atoms with E-state index < -0.39 is 6.03 Å². The molecule has 0 aliphatic rings. The Bertz CT molecular complexity index is 1310. The van der Waals surface area contributed by atoms with Crippen LogP contribution in [0.3, 0.4) is 0 Å². The minimum atomic E-state index is -0.397. The van der Waals surface area contributed by atoms with E-state index in [2.05, 4.69) is 36.1 Å². The Morgan fingerprint density at radius 2 is 1.73 bits per heavy atom. The predicted molar refractivity (Wildman–Crippen MR) is 129 cm³/mol. The minimum Gasteiger partial charge on any atom is -0.508 e. The highest BCUT2D eigenvalue weighted by Gasteiger charge is 2.10. The number of rotatable bonds is 6. The Morgan fingerprint density at radius 1 is 0.939 bits per heavy atom. The summed E-state index contributed by atoms with van der Waals surface area (Å²) in [5, 5.41) is 25.9. The molecule has 0 unspecified atom stereocenters. The van der Waals surface area contributed by atoms with Crippen LogP contribution in [0.1, 0.15) is 17.0 Å². The van der Waals surface area contributed by atoms with Gasteiger partial charge in [0.05, 0.1) is 0 Å². The Kier molecular flexibility index (Phi) is 6.45. The van der Waals surface area contributed by atoms with Crippen LogP contribution in [0.15, 0.2) is 64.6 Å². The number of phenols is 1. The highest BCUT2D eigenvalue weighted by Crippen LogP contribution is 2.31. The number of H-pyrrole nitrogens is 1. The van der Waals surface area contributed by atoms with Crippen molar-refractivity contribution in [3.63, 3.8) is 0 Å². The van der Waals surface area contributed by atoms with Crippen molar-refractivity contribution in [3.05, 3.63) is 71.5 Å². The number of aromatic amines is 1. The number of benzene rings is 2. The zero-order chi connectivity index (χ0) is 23.4. The van der Waals surface area contributed by atoms with Crippen molar-refractivity contribution in [3.8, 4) is 5.75 Å². The molecule has 0 fully saturated rings. The molecule has 0 saturated carbocycles. The number of urea groups is 1. The van der Waals surface area contributed by atoms with Crippen molar-refractivity contribution < 1.29 is 9.90 Å². The fraction of sp³-hybridized carbons (Fsp3) is 0.130. The van der Waals surface area contributed by atoms with Crippen LogP contribution in [0.2, 0.25) is 0 Å². The Morgan fingerprint density at radius 3 is 2.42 bits per heavy atom. The molecular weight excluding hydrogens is 438 g/mol. The van der Waals surface area contributed by atoms with E-state index in [1.165, 1.54) is 23.9 Å². The van der Waals surface area contributed by atoms with Crippen molar-refractivity contribution in [1.29, 1.82) is 0 Å². The van der Waals surface area contributed by atoms with Gasteiger partial charge >= 0.3 is 6.03 Å². The molecule has 0 spiro atoms. The summed E-state index contributed by atoms with van der Waals surface area (Å²) in [5.41, 5.74) is 3.91. The number of aromatic hydroxyl groups is 1. The second-order valence-corrected chi connectivity index (χ2v) is 8.46. The van der Waals surface area contributed by atoms with E-state index in [0.717, 1.165) is 21.8 Å². The molecule has 2 amide bonds. The van der Waals surface area contributed by atoms with Gasteiger partial charge in [0, 0.05) is 45.9 Å². The third kappa shape index (κ3) is 6.01. The maximum absolute atomic E-state index is 12.3. The van der Waals surface area contributed by atoms with Crippen LogP contribution in [0, 0.1) is 20.8 Å². The first-order valence-corrected chi connectivity index (χ1v) is 11.0. The van der Waals surface area contributed by atoms with Crippen LogP contribution in [-0.4, -0.2) is 31.3 Å². The molecule has 33 heavy (non-hydrogen) atoms. The van der Waals surface area contributed by atoms with Gasteiger partial charge in [-0.2, -0.15) is 5.10 Å². The molecule has 4 aromatic rings. The number of aromatic nitrogens is 4. The van der Waals surface area contributed by atoms with Gasteiger partial charge in [-0.25, -0.2) is 14.8 Å². The van der Waals surface area contributed by atoms with E-state index in [0.29, 0.717) is 28.2 Å². The zero-order valence-electron chi connectivity index (χ0n) is 18.3. The van der Waals surface area contributed by atoms with Gasteiger partial charge in [-0.05, 0) is 68.4 Å². The van der Waals surface area contributed by atoms with Crippen molar-refractivity contribution in [1.82, 2.24) is 20.2 Å². The average Bonchev–Trinajstić information content (AvgIpc) is 3.14.